The predicted octanol–water partition coefficient (Wildman–Crippen LogP) is -0.629. The molecule has 16 heavy (non-hydrogen) atoms. The number of piperidine rings is 1. The van der Waals surface area contributed by atoms with Gasteiger partial charge in [-0.2, -0.15) is 0 Å². The van der Waals surface area contributed by atoms with Crippen molar-refractivity contribution in [2.75, 3.05) is 24.6 Å². The SMILES string of the molecule is NC1CCN(C(=O)C2CCS(=O)(=O)C2)CC1. The van der Waals surface area contributed by atoms with Gasteiger partial charge in [-0.3, -0.25) is 4.79 Å². The maximum atomic E-state index is 12.0. The molecular weight excluding hydrogens is 228 g/mol. The van der Waals surface area contributed by atoms with Gasteiger partial charge in [0, 0.05) is 19.1 Å². The van der Waals surface area contributed by atoms with Crippen LogP contribution >= 0.6 is 0 Å². The zero-order valence-corrected chi connectivity index (χ0v) is 10.1. The highest BCUT2D eigenvalue weighted by Crippen LogP contribution is 2.22. The molecule has 0 aliphatic carbocycles. The summed E-state index contributed by atoms with van der Waals surface area (Å²) in [7, 11) is -2.96. The van der Waals surface area contributed by atoms with Crippen LogP contribution < -0.4 is 5.73 Å². The van der Waals surface area contributed by atoms with Crippen LogP contribution in [0.15, 0.2) is 0 Å². The molecule has 1 amide bonds. The Morgan fingerprint density at radius 1 is 1.19 bits per heavy atom. The molecule has 0 saturated carbocycles. The van der Waals surface area contributed by atoms with Crippen LogP contribution in [-0.4, -0.2) is 49.9 Å². The van der Waals surface area contributed by atoms with Gasteiger partial charge in [0.15, 0.2) is 9.84 Å². The lowest BCUT2D eigenvalue weighted by Crippen LogP contribution is -2.45. The van der Waals surface area contributed by atoms with Crippen LogP contribution in [0.1, 0.15) is 19.3 Å². The minimum absolute atomic E-state index is 0.00738. The maximum absolute atomic E-state index is 12.0. The summed E-state index contributed by atoms with van der Waals surface area (Å²) in [6.45, 7) is 1.35. The van der Waals surface area contributed by atoms with Gasteiger partial charge in [-0.05, 0) is 19.3 Å². The van der Waals surface area contributed by atoms with Crippen molar-refractivity contribution < 1.29 is 13.2 Å². The summed E-state index contributed by atoms with van der Waals surface area (Å²) >= 11 is 0. The van der Waals surface area contributed by atoms with Crippen molar-refractivity contribution in [3.05, 3.63) is 0 Å². The lowest BCUT2D eigenvalue weighted by Gasteiger charge is -2.31. The van der Waals surface area contributed by atoms with E-state index in [0.29, 0.717) is 19.5 Å². The third kappa shape index (κ3) is 2.55. The third-order valence-electron chi connectivity index (χ3n) is 3.43. The van der Waals surface area contributed by atoms with E-state index in [-0.39, 0.29) is 29.4 Å². The standard InChI is InChI=1S/C10H18N2O3S/c11-9-1-4-12(5-2-9)10(13)8-3-6-16(14,15)7-8/h8-9H,1-7,11H2. The van der Waals surface area contributed by atoms with Gasteiger partial charge in [0.05, 0.1) is 17.4 Å². The monoisotopic (exact) mass is 246 g/mol. The highest BCUT2D eigenvalue weighted by atomic mass is 32.2. The Kier molecular flexibility index (Phi) is 3.21. The van der Waals surface area contributed by atoms with Gasteiger partial charge in [-0.1, -0.05) is 0 Å². The lowest BCUT2D eigenvalue weighted by molar-refractivity contribution is -0.135. The number of hydrogen-bond donors (Lipinski definition) is 1. The second-order valence-electron chi connectivity index (χ2n) is 4.76. The quantitative estimate of drug-likeness (QED) is 0.668. The molecule has 0 spiro atoms. The molecular formula is C10H18N2O3S. The minimum Gasteiger partial charge on any atom is -0.342 e. The number of carbonyl (C=O) groups is 1. The maximum Gasteiger partial charge on any atom is 0.226 e. The first-order valence-corrected chi connectivity index (χ1v) is 7.55. The molecule has 2 aliphatic heterocycles. The predicted molar refractivity (Wildman–Crippen MR) is 60.6 cm³/mol. The van der Waals surface area contributed by atoms with Gasteiger partial charge in [0.2, 0.25) is 5.91 Å². The number of carbonyl (C=O) groups excluding carboxylic acids is 1. The zero-order valence-electron chi connectivity index (χ0n) is 9.26. The molecule has 2 rings (SSSR count). The number of sulfone groups is 1. The van der Waals surface area contributed by atoms with Crippen molar-refractivity contribution in [2.24, 2.45) is 11.7 Å². The highest BCUT2D eigenvalue weighted by Gasteiger charge is 2.36. The Balaban J connectivity index is 1.93. The summed E-state index contributed by atoms with van der Waals surface area (Å²) in [4.78, 5) is 13.8. The summed E-state index contributed by atoms with van der Waals surface area (Å²) in [5.74, 6) is -0.0992. The van der Waals surface area contributed by atoms with Crippen LogP contribution in [0.3, 0.4) is 0 Å². The van der Waals surface area contributed by atoms with E-state index in [9.17, 15) is 13.2 Å². The zero-order chi connectivity index (χ0) is 11.8. The Morgan fingerprint density at radius 3 is 2.31 bits per heavy atom. The Morgan fingerprint density at radius 2 is 1.81 bits per heavy atom. The fraction of sp³-hybridized carbons (Fsp3) is 0.900. The first-order chi connectivity index (χ1) is 7.48. The molecule has 0 aromatic rings. The van der Waals surface area contributed by atoms with Gasteiger partial charge in [-0.15, -0.1) is 0 Å². The first-order valence-electron chi connectivity index (χ1n) is 5.73. The van der Waals surface area contributed by atoms with E-state index in [0.717, 1.165) is 12.8 Å². The van der Waals surface area contributed by atoms with Crippen molar-refractivity contribution in [3.63, 3.8) is 0 Å². The number of amides is 1. The number of likely N-dealkylation sites (tertiary alicyclic amines) is 1. The summed E-state index contributed by atoms with van der Waals surface area (Å²) < 4.78 is 22.6. The third-order valence-corrected chi connectivity index (χ3v) is 5.20. The van der Waals surface area contributed by atoms with Gasteiger partial charge in [0.25, 0.3) is 0 Å². The molecule has 5 nitrogen and oxygen atoms in total. The molecule has 6 heteroatoms. The van der Waals surface area contributed by atoms with Crippen molar-refractivity contribution >= 4 is 15.7 Å². The van der Waals surface area contributed by atoms with E-state index in [1.807, 2.05) is 0 Å². The van der Waals surface area contributed by atoms with Gasteiger partial charge >= 0.3 is 0 Å². The van der Waals surface area contributed by atoms with Crippen LogP contribution in [0.25, 0.3) is 0 Å². The number of rotatable bonds is 1. The van der Waals surface area contributed by atoms with E-state index in [2.05, 4.69) is 0 Å². The van der Waals surface area contributed by atoms with Crippen molar-refractivity contribution in [1.82, 2.24) is 4.90 Å². The van der Waals surface area contributed by atoms with Crippen molar-refractivity contribution in [2.45, 2.75) is 25.3 Å². The van der Waals surface area contributed by atoms with Gasteiger partial charge < -0.3 is 10.6 Å². The second-order valence-corrected chi connectivity index (χ2v) is 6.99. The number of nitrogens with zero attached hydrogens (tertiary/aromatic N) is 1. The molecule has 0 aromatic heterocycles. The first kappa shape index (κ1) is 11.9. The summed E-state index contributed by atoms with van der Waals surface area (Å²) in [5.41, 5.74) is 5.76. The smallest absolute Gasteiger partial charge is 0.226 e. The van der Waals surface area contributed by atoms with Crippen LogP contribution in [0.4, 0.5) is 0 Å². The molecule has 2 fully saturated rings. The highest BCUT2D eigenvalue weighted by molar-refractivity contribution is 7.91. The normalized spacial score (nSPS) is 30.6. The van der Waals surface area contributed by atoms with E-state index >= 15 is 0 Å². The molecule has 2 heterocycles. The van der Waals surface area contributed by atoms with E-state index in [1.165, 1.54) is 0 Å². The van der Waals surface area contributed by atoms with E-state index in [1.54, 1.807) is 4.90 Å². The van der Waals surface area contributed by atoms with Crippen LogP contribution in [0, 0.1) is 5.92 Å². The largest absolute Gasteiger partial charge is 0.342 e. The molecule has 0 aromatic carbocycles. The fourth-order valence-corrected chi connectivity index (χ4v) is 4.10. The molecule has 1 atom stereocenters. The minimum atomic E-state index is -2.96. The molecule has 1 unspecified atom stereocenters. The Bertz CT molecular complexity index is 372. The lowest BCUT2D eigenvalue weighted by atomic mass is 10.0. The number of nitrogens with two attached hydrogens (primary N) is 1. The summed E-state index contributed by atoms with van der Waals surface area (Å²) in [5, 5.41) is 0. The molecule has 2 saturated heterocycles. The second kappa shape index (κ2) is 4.33. The Labute approximate surface area is 95.9 Å². The van der Waals surface area contributed by atoms with Crippen LogP contribution in [-0.2, 0) is 14.6 Å². The fourth-order valence-electron chi connectivity index (χ4n) is 2.37. The van der Waals surface area contributed by atoms with Crippen molar-refractivity contribution in [1.29, 1.82) is 0 Å². The van der Waals surface area contributed by atoms with Gasteiger partial charge in [0.1, 0.15) is 0 Å². The average Bonchev–Trinajstić information content (AvgIpc) is 2.59. The topological polar surface area (TPSA) is 80.5 Å². The molecule has 2 aliphatic rings. The van der Waals surface area contributed by atoms with Crippen molar-refractivity contribution in [3.8, 4) is 0 Å². The molecule has 0 radical (unpaired) electrons. The summed E-state index contributed by atoms with van der Waals surface area (Å²) in [6.07, 6.45) is 2.14. The molecule has 0 bridgehead atoms. The van der Waals surface area contributed by atoms with Crippen LogP contribution in [0.5, 0.6) is 0 Å². The average molecular weight is 246 g/mol. The Hall–Kier alpha value is -0.620. The summed E-state index contributed by atoms with van der Waals surface area (Å²) in [6, 6.07) is 0.191. The number of hydrogen-bond acceptors (Lipinski definition) is 4. The molecule has 92 valence electrons. The van der Waals surface area contributed by atoms with Crippen LogP contribution in [0.2, 0.25) is 0 Å². The van der Waals surface area contributed by atoms with E-state index in [4.69, 9.17) is 5.73 Å². The molecule has 2 N–H and O–H groups in total. The van der Waals surface area contributed by atoms with Gasteiger partial charge in [-0.25, -0.2) is 8.42 Å². The van der Waals surface area contributed by atoms with E-state index < -0.39 is 9.84 Å².